The summed E-state index contributed by atoms with van der Waals surface area (Å²) in [6, 6.07) is 1.81. The Morgan fingerprint density at radius 1 is 1.47 bits per heavy atom. The Morgan fingerprint density at radius 3 is 2.79 bits per heavy atom. The zero-order valence-electron chi connectivity index (χ0n) is 11.4. The molecule has 0 atom stereocenters. The van der Waals surface area contributed by atoms with Gasteiger partial charge in [-0.3, -0.25) is 9.59 Å². The van der Waals surface area contributed by atoms with Crippen LogP contribution in [0.5, 0.6) is 0 Å². The van der Waals surface area contributed by atoms with Crippen LogP contribution in [0.15, 0.2) is 10.5 Å². The number of amides is 2. The van der Waals surface area contributed by atoms with Crippen molar-refractivity contribution in [2.75, 3.05) is 33.5 Å². The van der Waals surface area contributed by atoms with E-state index in [9.17, 15) is 9.59 Å². The number of nitrogens with zero attached hydrogens (tertiary/aromatic N) is 2. The normalized spacial score (nSPS) is 15.4. The lowest BCUT2D eigenvalue weighted by atomic mass is 10.2. The van der Waals surface area contributed by atoms with E-state index in [0.29, 0.717) is 31.3 Å². The molecule has 6 nitrogen and oxygen atoms in total. The van der Waals surface area contributed by atoms with Crippen LogP contribution in [-0.2, 0) is 9.53 Å². The summed E-state index contributed by atoms with van der Waals surface area (Å²) >= 11 is 0. The van der Waals surface area contributed by atoms with Crippen LogP contribution in [0.25, 0.3) is 0 Å². The van der Waals surface area contributed by atoms with Crippen molar-refractivity contribution in [2.24, 2.45) is 0 Å². The van der Waals surface area contributed by atoms with Gasteiger partial charge in [-0.25, -0.2) is 0 Å². The van der Waals surface area contributed by atoms with E-state index in [0.717, 1.165) is 5.56 Å². The second-order valence-electron chi connectivity index (χ2n) is 4.66. The number of hydrogen-bond donors (Lipinski definition) is 0. The molecule has 104 valence electrons. The molecule has 0 unspecified atom stereocenters. The average Bonchev–Trinajstić information content (AvgIpc) is 2.89. The SMILES string of the molecule is COCCN1CN(C(=O)c2oc(C)cc2C)CC1=O. The van der Waals surface area contributed by atoms with E-state index < -0.39 is 0 Å². The third kappa shape index (κ3) is 2.78. The summed E-state index contributed by atoms with van der Waals surface area (Å²) in [5.74, 6) is 0.715. The Balaban J connectivity index is 2.05. The fourth-order valence-corrected chi connectivity index (χ4v) is 2.13. The highest BCUT2D eigenvalue weighted by molar-refractivity contribution is 5.97. The quantitative estimate of drug-likeness (QED) is 0.808. The summed E-state index contributed by atoms with van der Waals surface area (Å²) in [7, 11) is 1.58. The number of carbonyl (C=O) groups is 2. The molecule has 19 heavy (non-hydrogen) atoms. The molecule has 2 heterocycles. The van der Waals surface area contributed by atoms with E-state index in [1.807, 2.05) is 13.0 Å². The predicted octanol–water partition coefficient (Wildman–Crippen LogP) is 0.785. The van der Waals surface area contributed by atoms with Crippen LogP contribution in [0, 0.1) is 13.8 Å². The molecule has 2 rings (SSSR count). The van der Waals surface area contributed by atoms with Crippen molar-refractivity contribution in [3.8, 4) is 0 Å². The second-order valence-corrected chi connectivity index (χ2v) is 4.66. The lowest BCUT2D eigenvalue weighted by Crippen LogP contribution is -2.32. The lowest BCUT2D eigenvalue weighted by molar-refractivity contribution is -0.127. The van der Waals surface area contributed by atoms with E-state index in [1.165, 1.54) is 4.90 Å². The standard InChI is InChI=1S/C13H18N2O4/c1-9-6-10(2)19-12(9)13(17)15-7-11(16)14(8-15)4-5-18-3/h6H,4-5,7-8H2,1-3H3. The number of hydrogen-bond acceptors (Lipinski definition) is 4. The van der Waals surface area contributed by atoms with Crippen LogP contribution in [-0.4, -0.2) is 55.1 Å². The molecule has 0 radical (unpaired) electrons. The summed E-state index contributed by atoms with van der Waals surface area (Å²) < 4.78 is 10.3. The van der Waals surface area contributed by atoms with Gasteiger partial charge in [0.05, 0.1) is 13.3 Å². The average molecular weight is 266 g/mol. The van der Waals surface area contributed by atoms with Gasteiger partial charge in [0.15, 0.2) is 5.76 Å². The third-order valence-electron chi connectivity index (χ3n) is 3.11. The molecular formula is C13H18N2O4. The first-order valence-corrected chi connectivity index (χ1v) is 6.16. The van der Waals surface area contributed by atoms with Gasteiger partial charge in [-0.05, 0) is 19.9 Å². The first kappa shape index (κ1) is 13.6. The summed E-state index contributed by atoms with van der Waals surface area (Å²) in [4.78, 5) is 27.1. The number of aryl methyl sites for hydroxylation is 2. The molecule has 0 saturated carbocycles. The second kappa shape index (κ2) is 5.44. The van der Waals surface area contributed by atoms with Gasteiger partial charge >= 0.3 is 0 Å². The maximum atomic E-state index is 12.3. The molecule has 0 aromatic carbocycles. The minimum Gasteiger partial charge on any atom is -0.456 e. The molecule has 1 saturated heterocycles. The van der Waals surface area contributed by atoms with Crippen molar-refractivity contribution in [2.45, 2.75) is 13.8 Å². The maximum Gasteiger partial charge on any atom is 0.291 e. The van der Waals surface area contributed by atoms with Gasteiger partial charge < -0.3 is 19.0 Å². The van der Waals surface area contributed by atoms with Gasteiger partial charge in [-0.1, -0.05) is 0 Å². The number of methoxy groups -OCH3 is 1. The molecule has 0 bridgehead atoms. The van der Waals surface area contributed by atoms with Crippen molar-refractivity contribution in [3.05, 3.63) is 23.2 Å². The highest BCUT2D eigenvalue weighted by Crippen LogP contribution is 2.18. The molecule has 1 aromatic heterocycles. The largest absolute Gasteiger partial charge is 0.456 e. The molecule has 1 aliphatic rings. The summed E-state index contributed by atoms with van der Waals surface area (Å²) in [6.45, 7) is 4.97. The third-order valence-corrected chi connectivity index (χ3v) is 3.11. The van der Waals surface area contributed by atoms with Crippen molar-refractivity contribution in [3.63, 3.8) is 0 Å². The van der Waals surface area contributed by atoms with Crippen molar-refractivity contribution in [1.82, 2.24) is 9.80 Å². The first-order valence-electron chi connectivity index (χ1n) is 6.16. The minimum absolute atomic E-state index is 0.0636. The Morgan fingerprint density at radius 2 is 2.21 bits per heavy atom. The molecule has 6 heteroatoms. The first-order chi connectivity index (χ1) is 9.02. The van der Waals surface area contributed by atoms with Crippen LogP contribution >= 0.6 is 0 Å². The van der Waals surface area contributed by atoms with Gasteiger partial charge in [0, 0.05) is 19.2 Å². The van der Waals surface area contributed by atoms with E-state index in [2.05, 4.69) is 0 Å². The zero-order chi connectivity index (χ0) is 14.0. The molecule has 2 amide bonds. The van der Waals surface area contributed by atoms with Crippen LogP contribution in [0.2, 0.25) is 0 Å². The van der Waals surface area contributed by atoms with Gasteiger partial charge in [0.1, 0.15) is 12.3 Å². The zero-order valence-corrected chi connectivity index (χ0v) is 11.4. The van der Waals surface area contributed by atoms with Gasteiger partial charge in [-0.2, -0.15) is 0 Å². The minimum atomic E-state index is -0.237. The summed E-state index contributed by atoms with van der Waals surface area (Å²) in [6.07, 6.45) is 0. The van der Waals surface area contributed by atoms with E-state index in [1.54, 1.807) is 18.9 Å². The molecule has 1 aliphatic heterocycles. The highest BCUT2D eigenvalue weighted by Gasteiger charge is 2.32. The van der Waals surface area contributed by atoms with Crippen molar-refractivity contribution >= 4 is 11.8 Å². The lowest BCUT2D eigenvalue weighted by Gasteiger charge is -2.17. The smallest absolute Gasteiger partial charge is 0.291 e. The van der Waals surface area contributed by atoms with Crippen molar-refractivity contribution in [1.29, 1.82) is 0 Å². The summed E-state index contributed by atoms with van der Waals surface area (Å²) in [5.41, 5.74) is 0.797. The maximum absolute atomic E-state index is 12.3. The van der Waals surface area contributed by atoms with Gasteiger partial charge in [0.2, 0.25) is 5.91 Å². The van der Waals surface area contributed by atoms with Crippen molar-refractivity contribution < 1.29 is 18.7 Å². The van der Waals surface area contributed by atoms with Crippen LogP contribution < -0.4 is 0 Å². The Kier molecular flexibility index (Phi) is 3.90. The Bertz CT molecular complexity index is 495. The molecule has 0 aliphatic carbocycles. The number of furan rings is 1. The fraction of sp³-hybridized carbons (Fsp3) is 0.538. The topological polar surface area (TPSA) is 63.0 Å². The number of carbonyl (C=O) groups excluding carboxylic acids is 2. The summed E-state index contributed by atoms with van der Waals surface area (Å²) in [5, 5.41) is 0. The fourth-order valence-electron chi connectivity index (χ4n) is 2.13. The number of rotatable bonds is 4. The molecule has 1 aromatic rings. The Hall–Kier alpha value is -1.82. The molecule has 0 spiro atoms. The molecule has 0 N–H and O–H groups in total. The predicted molar refractivity (Wildman–Crippen MR) is 67.7 cm³/mol. The monoisotopic (exact) mass is 266 g/mol. The highest BCUT2D eigenvalue weighted by atomic mass is 16.5. The van der Waals surface area contributed by atoms with E-state index in [-0.39, 0.29) is 18.4 Å². The van der Waals surface area contributed by atoms with Crippen LogP contribution in [0.1, 0.15) is 21.9 Å². The van der Waals surface area contributed by atoms with E-state index >= 15 is 0 Å². The Labute approximate surface area is 111 Å². The molecular weight excluding hydrogens is 248 g/mol. The van der Waals surface area contributed by atoms with Gasteiger partial charge in [0.25, 0.3) is 5.91 Å². The van der Waals surface area contributed by atoms with Gasteiger partial charge in [-0.15, -0.1) is 0 Å². The number of ether oxygens (including phenoxy) is 1. The molecule has 1 fully saturated rings. The van der Waals surface area contributed by atoms with E-state index in [4.69, 9.17) is 9.15 Å². The van der Waals surface area contributed by atoms with Crippen LogP contribution in [0.3, 0.4) is 0 Å². The van der Waals surface area contributed by atoms with Crippen LogP contribution in [0.4, 0.5) is 0 Å².